The van der Waals surface area contributed by atoms with Gasteiger partial charge in [0.2, 0.25) is 0 Å². The maximum absolute atomic E-state index is 11.0. The molecular formula is C69H92BrN3O3. The Labute approximate surface area is 469 Å². The largest absolute Gasteiger partial charge is 0.496 e. The van der Waals surface area contributed by atoms with Gasteiger partial charge in [0.25, 0.3) is 5.69 Å². The van der Waals surface area contributed by atoms with Crippen molar-refractivity contribution in [3.8, 4) is 5.75 Å². The minimum absolute atomic E-state index is 0.109. The Hall–Kier alpha value is -5.92. The van der Waals surface area contributed by atoms with E-state index in [1.165, 1.54) is 105 Å². The van der Waals surface area contributed by atoms with Crippen LogP contribution in [0, 0.1) is 103 Å². The first-order valence-corrected chi connectivity index (χ1v) is 28.2. The van der Waals surface area contributed by atoms with Gasteiger partial charge in [-0.2, -0.15) is 0 Å². The third-order valence-corrected chi connectivity index (χ3v) is 16.7. The van der Waals surface area contributed by atoms with Crippen LogP contribution in [0.25, 0.3) is 11.1 Å². The summed E-state index contributed by atoms with van der Waals surface area (Å²) in [5, 5.41) is 11.0. The van der Waals surface area contributed by atoms with Crippen molar-refractivity contribution in [2.75, 3.05) is 30.0 Å². The zero-order valence-corrected chi connectivity index (χ0v) is 52.0. The highest BCUT2D eigenvalue weighted by Gasteiger charge is 2.39. The van der Waals surface area contributed by atoms with Gasteiger partial charge in [0.1, 0.15) is 5.75 Å². The van der Waals surface area contributed by atoms with Gasteiger partial charge in [-0.3, -0.25) is 10.1 Å². The number of nitro groups is 1. The molecule has 1 aliphatic heterocycles. The number of halogens is 1. The summed E-state index contributed by atoms with van der Waals surface area (Å²) in [7, 11) is 1.61. The van der Waals surface area contributed by atoms with Crippen LogP contribution in [0.3, 0.4) is 0 Å². The molecule has 6 aromatic carbocycles. The van der Waals surface area contributed by atoms with Crippen LogP contribution in [0.5, 0.6) is 5.75 Å². The second kappa shape index (κ2) is 26.9. The summed E-state index contributed by atoms with van der Waals surface area (Å²) < 4.78 is 6.58. The monoisotopic (exact) mass is 1090 g/mol. The first-order valence-electron chi connectivity index (χ1n) is 27.4. The number of hydrogen-bond acceptors (Lipinski definition) is 5. The zero-order valence-electron chi connectivity index (χ0n) is 50.4. The fraction of sp³-hybridized carbons (Fsp3) is 0.420. The molecule has 0 spiro atoms. The summed E-state index contributed by atoms with van der Waals surface area (Å²) >= 11 is 3.45. The molecule has 1 atom stereocenters. The van der Waals surface area contributed by atoms with Crippen LogP contribution < -0.4 is 14.5 Å². The molecule has 1 fully saturated rings. The van der Waals surface area contributed by atoms with Crippen molar-refractivity contribution in [1.29, 1.82) is 0 Å². The summed E-state index contributed by atoms with van der Waals surface area (Å²) in [6.45, 7) is 50.3. The first kappa shape index (κ1) is 62.6. The molecule has 8 rings (SSSR count). The minimum Gasteiger partial charge on any atom is -0.496 e. The molecule has 1 heterocycles. The van der Waals surface area contributed by atoms with Crippen LogP contribution in [-0.4, -0.2) is 31.3 Å². The van der Waals surface area contributed by atoms with E-state index in [2.05, 4.69) is 242 Å². The molecule has 0 saturated carbocycles. The molecule has 1 unspecified atom stereocenters. The van der Waals surface area contributed by atoms with Crippen molar-refractivity contribution in [2.45, 2.75) is 157 Å². The molecule has 6 aromatic rings. The average molecular weight is 1090 g/mol. The SMILES string of the molecule is C=C1C=C(c2c(C)cccc2C)c2ccccc21.CC.CCC(Cc1cc([N+](=O)[O-])ccc1OC)C(C)(C)C(C)(C)C.Cc1cc(Br)cc(C)c1C.Cc1cc(C)c(N2CCN(c3c(C)cc(C)cc3C)C2C)c(C)c1. The van der Waals surface area contributed by atoms with Crippen LogP contribution in [0.1, 0.15) is 152 Å². The van der Waals surface area contributed by atoms with E-state index < -0.39 is 0 Å². The summed E-state index contributed by atoms with van der Waals surface area (Å²) in [6.07, 6.45) is 4.40. The van der Waals surface area contributed by atoms with E-state index in [0.717, 1.165) is 42.8 Å². The lowest BCUT2D eigenvalue weighted by Crippen LogP contribution is -2.38. The predicted molar refractivity (Wildman–Crippen MR) is 334 cm³/mol. The summed E-state index contributed by atoms with van der Waals surface area (Å²) in [5.41, 5.74) is 25.5. The van der Waals surface area contributed by atoms with Crippen LogP contribution >= 0.6 is 15.9 Å². The molecule has 0 radical (unpaired) electrons. The standard InChI is InChI=1S/C22H30N2.C18H29NO3.C18H16.C9H11Br.C2H6/c1-14-10-16(3)21(17(4)11-14)23-8-9-24(20(23)7)22-18(5)12-15(2)13-19(22)6;1-8-14(18(5,6)17(2,3)4)11-13-12-15(19(20)21)9-10-16(13)22-7;1-12-7-6-8-13(2)18(12)17-11-14(3)15-9-4-5-10-16(15)17;1-6-4-9(10)5-7(2)8(6)3;1-2/h10-13,20H,8-9H2,1-7H3;9-10,12,14H,8,11H2,1-7H3;4-11H,3H2,1-2H3;4-5H,1-3H3;1-2H3. The number of rotatable bonds is 9. The van der Waals surface area contributed by atoms with E-state index in [4.69, 9.17) is 4.74 Å². The molecule has 408 valence electrons. The van der Waals surface area contributed by atoms with Crippen molar-refractivity contribution < 1.29 is 9.66 Å². The molecule has 6 nitrogen and oxygen atoms in total. The lowest BCUT2D eigenvalue weighted by atomic mass is 9.60. The van der Waals surface area contributed by atoms with Crippen molar-refractivity contribution in [3.63, 3.8) is 0 Å². The number of aryl methyl sites for hydroxylation is 10. The fourth-order valence-corrected chi connectivity index (χ4v) is 11.9. The van der Waals surface area contributed by atoms with E-state index in [9.17, 15) is 10.1 Å². The Balaban J connectivity index is 0.000000224. The predicted octanol–water partition coefficient (Wildman–Crippen LogP) is 19.6. The van der Waals surface area contributed by atoms with Gasteiger partial charge in [-0.25, -0.2) is 0 Å². The third kappa shape index (κ3) is 14.8. The van der Waals surface area contributed by atoms with E-state index in [0.29, 0.717) is 12.1 Å². The molecule has 7 heteroatoms. The second-order valence-electron chi connectivity index (χ2n) is 22.6. The Bertz CT molecular complexity index is 2870. The van der Waals surface area contributed by atoms with E-state index >= 15 is 0 Å². The highest BCUT2D eigenvalue weighted by molar-refractivity contribution is 9.10. The number of benzene rings is 6. The lowest BCUT2D eigenvalue weighted by Gasteiger charge is -2.45. The molecule has 2 aliphatic rings. The number of anilines is 2. The van der Waals surface area contributed by atoms with Crippen molar-refractivity contribution in [2.24, 2.45) is 16.7 Å². The number of methoxy groups -OCH3 is 1. The van der Waals surface area contributed by atoms with Gasteiger partial charge < -0.3 is 14.5 Å². The van der Waals surface area contributed by atoms with Gasteiger partial charge in [0.15, 0.2) is 0 Å². The van der Waals surface area contributed by atoms with E-state index in [-0.39, 0.29) is 21.4 Å². The molecule has 1 aliphatic carbocycles. The molecular weight excluding hydrogens is 999 g/mol. The molecule has 0 bridgehead atoms. The number of fused-ring (bicyclic) bond motifs is 1. The highest BCUT2D eigenvalue weighted by Crippen LogP contribution is 2.48. The van der Waals surface area contributed by atoms with Crippen LogP contribution in [0.2, 0.25) is 0 Å². The Kier molecular flexibility index (Phi) is 22.2. The zero-order chi connectivity index (χ0) is 57.1. The lowest BCUT2D eigenvalue weighted by molar-refractivity contribution is -0.384. The van der Waals surface area contributed by atoms with Gasteiger partial charge in [-0.1, -0.05) is 162 Å². The van der Waals surface area contributed by atoms with Gasteiger partial charge in [0, 0.05) is 46.6 Å². The van der Waals surface area contributed by atoms with Gasteiger partial charge in [-0.05, 0) is 208 Å². The number of ether oxygens (including phenoxy) is 1. The van der Waals surface area contributed by atoms with E-state index in [1.807, 2.05) is 13.8 Å². The average Bonchev–Trinajstić information content (AvgIpc) is 3.87. The highest BCUT2D eigenvalue weighted by atomic mass is 79.9. The van der Waals surface area contributed by atoms with Crippen LogP contribution in [-0.2, 0) is 6.42 Å². The van der Waals surface area contributed by atoms with Crippen LogP contribution in [0.4, 0.5) is 17.1 Å². The molecule has 0 aromatic heterocycles. The number of nitrogens with zero attached hydrogens (tertiary/aromatic N) is 3. The smallest absolute Gasteiger partial charge is 0.269 e. The summed E-state index contributed by atoms with van der Waals surface area (Å²) in [4.78, 5) is 15.8. The molecule has 0 N–H and O–H groups in total. The van der Waals surface area contributed by atoms with Gasteiger partial charge >= 0.3 is 0 Å². The molecule has 1 saturated heterocycles. The Morgan fingerprint density at radius 2 is 1.13 bits per heavy atom. The number of hydrogen-bond donors (Lipinski definition) is 0. The topological polar surface area (TPSA) is 58.9 Å². The normalized spacial score (nSPS) is 13.4. The third-order valence-electron chi connectivity index (χ3n) is 16.2. The Morgan fingerprint density at radius 3 is 1.55 bits per heavy atom. The fourth-order valence-electron chi connectivity index (χ4n) is 11.2. The molecule has 76 heavy (non-hydrogen) atoms. The maximum Gasteiger partial charge on any atom is 0.269 e. The number of nitro benzene ring substituents is 1. The van der Waals surface area contributed by atoms with Crippen molar-refractivity contribution in [1.82, 2.24) is 0 Å². The number of allylic oxidation sites excluding steroid dienone is 2. The van der Waals surface area contributed by atoms with Crippen LogP contribution in [0.15, 0.2) is 114 Å². The van der Waals surface area contributed by atoms with E-state index in [1.54, 1.807) is 19.2 Å². The second-order valence-corrected chi connectivity index (χ2v) is 23.5. The quantitative estimate of drug-likeness (QED) is 0.107. The van der Waals surface area contributed by atoms with Crippen molar-refractivity contribution >= 4 is 44.1 Å². The van der Waals surface area contributed by atoms with Gasteiger partial charge in [-0.15, -0.1) is 0 Å². The van der Waals surface area contributed by atoms with Gasteiger partial charge in [0.05, 0.1) is 18.2 Å². The van der Waals surface area contributed by atoms with Crippen molar-refractivity contribution in [3.05, 3.63) is 208 Å². The number of non-ortho nitro benzene ring substituents is 1. The Morgan fingerprint density at radius 1 is 0.671 bits per heavy atom. The maximum atomic E-state index is 11.0. The molecule has 0 amide bonds. The summed E-state index contributed by atoms with van der Waals surface area (Å²) in [6, 6.07) is 33.3. The first-order chi connectivity index (χ1) is 35.6. The minimum atomic E-state index is -0.348. The summed E-state index contributed by atoms with van der Waals surface area (Å²) in [5.74, 6) is 1.15.